The molecule has 1 unspecified atom stereocenters. The van der Waals surface area contributed by atoms with Crippen molar-refractivity contribution in [3.05, 3.63) is 95.8 Å². The van der Waals surface area contributed by atoms with E-state index in [4.69, 9.17) is 5.73 Å². The molecule has 130 valence electrons. The Balaban J connectivity index is 1.81. The van der Waals surface area contributed by atoms with Crippen LogP contribution < -0.4 is 11.1 Å². The molecule has 3 rings (SSSR count). The van der Waals surface area contributed by atoms with Crippen molar-refractivity contribution < 1.29 is 9.59 Å². The van der Waals surface area contributed by atoms with E-state index in [0.717, 1.165) is 11.1 Å². The Morgan fingerprint density at radius 1 is 0.962 bits per heavy atom. The molecule has 1 aromatic heterocycles. The van der Waals surface area contributed by atoms with Gasteiger partial charge >= 0.3 is 0 Å². The lowest BCUT2D eigenvalue weighted by Gasteiger charge is -2.17. The zero-order chi connectivity index (χ0) is 18.4. The molecule has 1 heterocycles. The van der Waals surface area contributed by atoms with Crippen molar-refractivity contribution in [2.75, 3.05) is 5.32 Å². The maximum absolute atomic E-state index is 12.9. The third kappa shape index (κ3) is 4.33. The lowest BCUT2D eigenvalue weighted by atomic mass is 9.91. The topological polar surface area (TPSA) is 85.1 Å². The second-order valence-corrected chi connectivity index (χ2v) is 5.96. The van der Waals surface area contributed by atoms with Gasteiger partial charge in [0.2, 0.25) is 11.8 Å². The van der Waals surface area contributed by atoms with E-state index in [0.29, 0.717) is 17.7 Å². The van der Waals surface area contributed by atoms with Gasteiger partial charge in [0, 0.05) is 23.6 Å². The highest BCUT2D eigenvalue weighted by molar-refractivity contribution is 5.97. The molecule has 0 spiro atoms. The summed E-state index contributed by atoms with van der Waals surface area (Å²) in [5.41, 5.74) is 8.18. The summed E-state index contributed by atoms with van der Waals surface area (Å²) in [5, 5.41) is 2.92. The monoisotopic (exact) mass is 345 g/mol. The number of carbonyl (C=O) groups is 2. The second kappa shape index (κ2) is 8.07. The lowest BCUT2D eigenvalue weighted by Crippen LogP contribution is -2.23. The Morgan fingerprint density at radius 2 is 1.69 bits per heavy atom. The normalized spacial score (nSPS) is 11.5. The standard InChI is InChI=1S/C21H19N3O2/c22-20(25)17-8-10-18(11-9-17)24-21(26)19(16-6-2-1-3-7-16)13-15-5-4-12-23-14-15/h1-12,14,19H,13H2,(H2,22,25)(H,24,26). The van der Waals surface area contributed by atoms with Crippen LogP contribution in [0.2, 0.25) is 0 Å². The van der Waals surface area contributed by atoms with Crippen LogP contribution in [-0.2, 0) is 11.2 Å². The first-order chi connectivity index (χ1) is 12.6. The molecule has 26 heavy (non-hydrogen) atoms. The van der Waals surface area contributed by atoms with Gasteiger partial charge in [-0.3, -0.25) is 14.6 Å². The first-order valence-corrected chi connectivity index (χ1v) is 8.28. The smallest absolute Gasteiger partial charge is 0.248 e. The predicted molar refractivity (Wildman–Crippen MR) is 101 cm³/mol. The number of primary amides is 1. The van der Waals surface area contributed by atoms with Crippen LogP contribution in [0.15, 0.2) is 79.1 Å². The van der Waals surface area contributed by atoms with E-state index in [1.54, 1.807) is 36.7 Å². The third-order valence-electron chi connectivity index (χ3n) is 4.12. The fourth-order valence-corrected chi connectivity index (χ4v) is 2.75. The van der Waals surface area contributed by atoms with Gasteiger partial charge in [-0.05, 0) is 47.9 Å². The molecule has 0 radical (unpaired) electrons. The van der Waals surface area contributed by atoms with Crippen LogP contribution in [0.3, 0.4) is 0 Å². The number of rotatable bonds is 6. The fraction of sp³-hybridized carbons (Fsp3) is 0.0952. The zero-order valence-electron chi connectivity index (χ0n) is 14.1. The molecule has 0 saturated heterocycles. The van der Waals surface area contributed by atoms with Gasteiger partial charge in [-0.25, -0.2) is 0 Å². The van der Waals surface area contributed by atoms with Crippen LogP contribution in [0.25, 0.3) is 0 Å². The molecule has 0 aliphatic heterocycles. The number of pyridine rings is 1. The van der Waals surface area contributed by atoms with Gasteiger partial charge in [-0.2, -0.15) is 0 Å². The van der Waals surface area contributed by atoms with Gasteiger partial charge in [-0.1, -0.05) is 36.4 Å². The fourth-order valence-electron chi connectivity index (χ4n) is 2.75. The highest BCUT2D eigenvalue weighted by atomic mass is 16.2. The highest BCUT2D eigenvalue weighted by Crippen LogP contribution is 2.23. The van der Waals surface area contributed by atoms with Crippen LogP contribution in [0.5, 0.6) is 0 Å². The minimum absolute atomic E-state index is 0.119. The summed E-state index contributed by atoms with van der Waals surface area (Å²) in [7, 11) is 0. The van der Waals surface area contributed by atoms with Gasteiger partial charge < -0.3 is 11.1 Å². The van der Waals surface area contributed by atoms with E-state index in [-0.39, 0.29) is 11.8 Å². The molecular weight excluding hydrogens is 326 g/mol. The van der Waals surface area contributed by atoms with Crippen LogP contribution in [0, 0.1) is 0 Å². The molecule has 0 aliphatic rings. The van der Waals surface area contributed by atoms with Crippen LogP contribution in [0.4, 0.5) is 5.69 Å². The summed E-state index contributed by atoms with van der Waals surface area (Å²) < 4.78 is 0. The molecule has 1 atom stereocenters. The van der Waals surface area contributed by atoms with Gasteiger partial charge in [0.1, 0.15) is 0 Å². The molecule has 2 aromatic carbocycles. The Labute approximate surface area is 151 Å². The van der Waals surface area contributed by atoms with E-state index in [1.165, 1.54) is 0 Å². The molecule has 0 saturated carbocycles. The number of hydrogen-bond donors (Lipinski definition) is 2. The quantitative estimate of drug-likeness (QED) is 0.720. The maximum atomic E-state index is 12.9. The van der Waals surface area contributed by atoms with E-state index < -0.39 is 5.91 Å². The number of benzene rings is 2. The Morgan fingerprint density at radius 3 is 2.31 bits per heavy atom. The van der Waals surface area contributed by atoms with Crippen molar-refractivity contribution in [3.63, 3.8) is 0 Å². The van der Waals surface area contributed by atoms with Crippen molar-refractivity contribution in [2.45, 2.75) is 12.3 Å². The molecule has 2 amide bonds. The average Bonchev–Trinajstić information content (AvgIpc) is 2.68. The SMILES string of the molecule is NC(=O)c1ccc(NC(=O)C(Cc2cccnc2)c2ccccc2)cc1. The number of amides is 2. The second-order valence-electron chi connectivity index (χ2n) is 5.96. The summed E-state index contributed by atoms with van der Waals surface area (Å²) >= 11 is 0. The molecule has 0 aliphatic carbocycles. The first-order valence-electron chi connectivity index (χ1n) is 8.28. The zero-order valence-corrected chi connectivity index (χ0v) is 14.1. The van der Waals surface area contributed by atoms with Gasteiger partial charge in [0.25, 0.3) is 0 Å². The number of hydrogen-bond acceptors (Lipinski definition) is 3. The number of anilines is 1. The minimum atomic E-state index is -0.499. The number of aromatic nitrogens is 1. The largest absolute Gasteiger partial charge is 0.366 e. The lowest BCUT2D eigenvalue weighted by molar-refractivity contribution is -0.117. The van der Waals surface area contributed by atoms with Gasteiger partial charge in [0.05, 0.1) is 5.92 Å². The van der Waals surface area contributed by atoms with Crippen LogP contribution in [-0.4, -0.2) is 16.8 Å². The first kappa shape index (κ1) is 17.4. The molecule has 0 bridgehead atoms. The molecular formula is C21H19N3O2. The summed E-state index contributed by atoms with van der Waals surface area (Å²) in [6.45, 7) is 0. The maximum Gasteiger partial charge on any atom is 0.248 e. The number of nitrogens with one attached hydrogen (secondary N) is 1. The summed E-state index contributed by atoms with van der Waals surface area (Å²) in [6, 6.07) is 20.0. The minimum Gasteiger partial charge on any atom is -0.366 e. The Hall–Kier alpha value is -3.47. The van der Waals surface area contributed by atoms with Crippen LogP contribution in [0.1, 0.15) is 27.4 Å². The predicted octanol–water partition coefficient (Wildman–Crippen LogP) is 3.15. The van der Waals surface area contributed by atoms with Crippen molar-refractivity contribution in [2.24, 2.45) is 5.73 Å². The summed E-state index contributed by atoms with van der Waals surface area (Å²) in [6.07, 6.45) is 4.02. The van der Waals surface area contributed by atoms with E-state index in [1.807, 2.05) is 42.5 Å². The molecule has 3 aromatic rings. The van der Waals surface area contributed by atoms with E-state index in [9.17, 15) is 9.59 Å². The van der Waals surface area contributed by atoms with Gasteiger partial charge in [-0.15, -0.1) is 0 Å². The van der Waals surface area contributed by atoms with E-state index in [2.05, 4.69) is 10.3 Å². The van der Waals surface area contributed by atoms with Crippen molar-refractivity contribution in [1.29, 1.82) is 0 Å². The van der Waals surface area contributed by atoms with Gasteiger partial charge in [0.15, 0.2) is 0 Å². The van der Waals surface area contributed by atoms with Crippen molar-refractivity contribution >= 4 is 17.5 Å². The average molecular weight is 345 g/mol. The Kier molecular flexibility index (Phi) is 5.39. The van der Waals surface area contributed by atoms with E-state index >= 15 is 0 Å². The Bertz CT molecular complexity index is 878. The van der Waals surface area contributed by atoms with Crippen molar-refractivity contribution in [1.82, 2.24) is 4.98 Å². The van der Waals surface area contributed by atoms with Crippen LogP contribution >= 0.6 is 0 Å². The molecule has 0 fully saturated rings. The third-order valence-corrected chi connectivity index (χ3v) is 4.12. The number of nitrogens with zero attached hydrogens (tertiary/aromatic N) is 1. The summed E-state index contributed by atoms with van der Waals surface area (Å²) in [5.74, 6) is -0.968. The molecule has 5 nitrogen and oxygen atoms in total. The van der Waals surface area contributed by atoms with Crippen molar-refractivity contribution in [3.8, 4) is 0 Å². The summed E-state index contributed by atoms with van der Waals surface area (Å²) in [4.78, 5) is 28.2. The molecule has 3 N–H and O–H groups in total. The molecule has 5 heteroatoms. The highest BCUT2D eigenvalue weighted by Gasteiger charge is 2.21. The number of carbonyl (C=O) groups excluding carboxylic acids is 2. The number of nitrogens with two attached hydrogens (primary N) is 1.